The lowest BCUT2D eigenvalue weighted by molar-refractivity contribution is -0.122. The quantitative estimate of drug-likeness (QED) is 0.519. The summed E-state index contributed by atoms with van der Waals surface area (Å²) in [6.45, 7) is 3.69. The minimum Gasteiger partial charge on any atom is -0.490 e. The molecule has 0 spiro atoms. The maximum Gasteiger partial charge on any atom is 0.186 e. The largest absolute Gasteiger partial charge is 0.490 e. The lowest BCUT2D eigenvalue weighted by atomic mass is 9.99. The topological polar surface area (TPSA) is 86.5 Å². The van der Waals surface area contributed by atoms with E-state index in [1.807, 2.05) is 51.0 Å². The number of nitrogens with zero attached hydrogens (tertiary/aromatic N) is 3. The van der Waals surface area contributed by atoms with Crippen molar-refractivity contribution in [3.05, 3.63) is 59.3 Å². The number of hydrogen-bond donors (Lipinski definition) is 1. The molecule has 2 aromatic carbocycles. The molecule has 1 aliphatic carbocycles. The van der Waals surface area contributed by atoms with Crippen LogP contribution in [0.5, 0.6) is 5.75 Å². The fourth-order valence-electron chi connectivity index (χ4n) is 4.40. The number of rotatable bonds is 8. The highest BCUT2D eigenvalue weighted by atomic mass is 32.1. The third-order valence-electron chi connectivity index (χ3n) is 5.85. The van der Waals surface area contributed by atoms with Crippen LogP contribution in [-0.2, 0) is 11.2 Å². The van der Waals surface area contributed by atoms with Crippen LogP contribution in [-0.4, -0.2) is 47.9 Å². The minimum atomic E-state index is -0.425. The van der Waals surface area contributed by atoms with Crippen molar-refractivity contribution in [1.82, 2.24) is 9.79 Å². The van der Waals surface area contributed by atoms with Gasteiger partial charge in [0, 0.05) is 24.3 Å². The standard InChI is InChI=1S/C25H26BN3O3S/c1-15(2)32-23-9-6-16(10-17(23)11-27)25-28-12-24(33-25)21-5-3-4-20-19(21)7-8-22(20)29(26)13-18(31)14-30/h3-6,9-10,12,15,22,30H,7-8,13-14,26H2,1-2H3/t22-/m1/s1. The molecule has 8 heteroatoms. The number of ether oxygens (including phenoxy) is 1. The molecule has 1 aromatic heterocycles. The van der Waals surface area contributed by atoms with Crippen LogP contribution in [0.4, 0.5) is 0 Å². The van der Waals surface area contributed by atoms with Gasteiger partial charge in [0.25, 0.3) is 0 Å². The number of Topliss-reactive ketones (excluding diaryl/α,β-unsaturated/α-hetero) is 1. The summed E-state index contributed by atoms with van der Waals surface area (Å²) < 4.78 is 5.73. The van der Waals surface area contributed by atoms with Crippen molar-refractivity contribution in [3.8, 4) is 32.8 Å². The van der Waals surface area contributed by atoms with Crippen LogP contribution in [0.25, 0.3) is 21.0 Å². The van der Waals surface area contributed by atoms with E-state index in [0.717, 1.165) is 28.3 Å². The molecule has 3 aromatic rings. The Morgan fingerprint density at radius 3 is 2.94 bits per heavy atom. The van der Waals surface area contributed by atoms with Crippen molar-refractivity contribution < 1.29 is 14.6 Å². The van der Waals surface area contributed by atoms with Gasteiger partial charge in [-0.3, -0.25) is 4.79 Å². The second kappa shape index (κ2) is 9.88. The average Bonchev–Trinajstić information content (AvgIpc) is 3.46. The molecule has 4 rings (SSSR count). The lowest BCUT2D eigenvalue weighted by Gasteiger charge is -2.25. The molecule has 33 heavy (non-hydrogen) atoms. The van der Waals surface area contributed by atoms with E-state index in [-0.39, 0.29) is 24.5 Å². The van der Waals surface area contributed by atoms with Gasteiger partial charge >= 0.3 is 0 Å². The van der Waals surface area contributed by atoms with Gasteiger partial charge in [-0.15, -0.1) is 11.3 Å². The number of thiazole rings is 1. The first kappa shape index (κ1) is 23.2. The molecule has 0 amide bonds. The summed E-state index contributed by atoms with van der Waals surface area (Å²) in [5.74, 6) is 0.416. The first-order chi connectivity index (χ1) is 15.9. The van der Waals surface area contributed by atoms with Gasteiger partial charge in [0.15, 0.2) is 13.8 Å². The summed E-state index contributed by atoms with van der Waals surface area (Å²) >= 11 is 1.61. The molecule has 1 heterocycles. The fraction of sp³-hybridized carbons (Fsp3) is 0.320. The van der Waals surface area contributed by atoms with Crippen LogP contribution in [0.3, 0.4) is 0 Å². The van der Waals surface area contributed by atoms with Crippen LogP contribution < -0.4 is 4.74 Å². The number of aliphatic hydroxyl groups excluding tert-OH is 1. The van der Waals surface area contributed by atoms with E-state index in [4.69, 9.17) is 9.84 Å². The van der Waals surface area contributed by atoms with E-state index in [0.29, 0.717) is 11.3 Å². The Labute approximate surface area is 198 Å². The van der Waals surface area contributed by atoms with Crippen molar-refractivity contribution >= 4 is 25.1 Å². The molecule has 1 aliphatic rings. The Kier molecular flexibility index (Phi) is 6.94. The SMILES string of the molecule is BN(CC(=O)CO)[C@@H]1CCc2c(-c3cnc(-c4ccc(OC(C)C)c(C#N)c4)s3)cccc21. The molecule has 1 N–H and O–H groups in total. The van der Waals surface area contributed by atoms with Crippen molar-refractivity contribution in [2.24, 2.45) is 0 Å². The first-order valence-corrected chi connectivity index (χ1v) is 11.8. The summed E-state index contributed by atoms with van der Waals surface area (Å²) in [4.78, 5) is 19.5. The van der Waals surface area contributed by atoms with E-state index < -0.39 is 6.61 Å². The number of aliphatic hydroxyl groups is 1. The zero-order valence-corrected chi connectivity index (χ0v) is 19.9. The Bertz CT molecular complexity index is 1220. The normalized spacial score (nSPS) is 15.0. The van der Waals surface area contributed by atoms with E-state index in [2.05, 4.69) is 29.3 Å². The molecular formula is C25H26BN3O3S. The summed E-state index contributed by atoms with van der Waals surface area (Å²) in [5.41, 5.74) is 5.09. The van der Waals surface area contributed by atoms with E-state index in [1.165, 1.54) is 16.7 Å². The smallest absolute Gasteiger partial charge is 0.186 e. The molecule has 0 bridgehead atoms. The van der Waals surface area contributed by atoms with Gasteiger partial charge in [-0.1, -0.05) is 18.2 Å². The monoisotopic (exact) mass is 459 g/mol. The number of ketones is 1. The second-order valence-electron chi connectivity index (χ2n) is 8.56. The fourth-order valence-corrected chi connectivity index (χ4v) is 5.36. The van der Waals surface area contributed by atoms with E-state index in [1.54, 1.807) is 11.3 Å². The Morgan fingerprint density at radius 1 is 1.39 bits per heavy atom. The molecule has 0 radical (unpaired) electrons. The first-order valence-electron chi connectivity index (χ1n) is 11.0. The van der Waals surface area contributed by atoms with E-state index >= 15 is 0 Å². The summed E-state index contributed by atoms with van der Waals surface area (Å²) in [6, 6.07) is 14.3. The molecule has 168 valence electrons. The third-order valence-corrected chi connectivity index (χ3v) is 6.93. The van der Waals surface area contributed by atoms with Gasteiger partial charge in [-0.25, -0.2) is 4.98 Å². The van der Waals surface area contributed by atoms with Gasteiger partial charge in [-0.05, 0) is 61.6 Å². The van der Waals surface area contributed by atoms with Crippen molar-refractivity contribution in [2.75, 3.05) is 13.2 Å². The maximum atomic E-state index is 11.7. The van der Waals surface area contributed by atoms with Crippen molar-refractivity contribution in [2.45, 2.75) is 38.8 Å². The van der Waals surface area contributed by atoms with Gasteiger partial charge in [0.1, 0.15) is 23.4 Å². The molecule has 0 saturated heterocycles. The van der Waals surface area contributed by atoms with Crippen LogP contribution in [0.1, 0.15) is 43.0 Å². The third kappa shape index (κ3) is 4.86. The predicted molar refractivity (Wildman–Crippen MR) is 132 cm³/mol. The number of carbonyl (C=O) groups is 1. The van der Waals surface area contributed by atoms with Crippen LogP contribution in [0.2, 0.25) is 0 Å². The Morgan fingerprint density at radius 2 is 2.21 bits per heavy atom. The lowest BCUT2D eigenvalue weighted by Crippen LogP contribution is -2.31. The van der Waals surface area contributed by atoms with Crippen molar-refractivity contribution in [1.29, 1.82) is 5.26 Å². The number of carbonyl (C=O) groups excluding carboxylic acids is 1. The van der Waals surface area contributed by atoms with Gasteiger partial charge in [0.05, 0.1) is 16.5 Å². The molecule has 0 fully saturated rings. The Hall–Kier alpha value is -2.99. The molecule has 1 atom stereocenters. The van der Waals surface area contributed by atoms with Crippen LogP contribution in [0.15, 0.2) is 42.6 Å². The highest BCUT2D eigenvalue weighted by molar-refractivity contribution is 7.18. The second-order valence-corrected chi connectivity index (χ2v) is 9.59. The summed E-state index contributed by atoms with van der Waals surface area (Å²) in [7, 11) is 1.93. The number of hydrogen-bond acceptors (Lipinski definition) is 7. The molecule has 0 unspecified atom stereocenters. The Balaban J connectivity index is 1.62. The average molecular weight is 459 g/mol. The van der Waals surface area contributed by atoms with Crippen molar-refractivity contribution in [3.63, 3.8) is 0 Å². The molecule has 0 saturated carbocycles. The number of aromatic nitrogens is 1. The molecule has 0 aliphatic heterocycles. The predicted octanol–water partition coefficient (Wildman–Crippen LogP) is 3.53. The minimum absolute atomic E-state index is 0.000721. The summed E-state index contributed by atoms with van der Waals surface area (Å²) in [6.07, 6.45) is 3.77. The van der Waals surface area contributed by atoms with Gasteiger partial charge in [0.2, 0.25) is 0 Å². The zero-order valence-electron chi connectivity index (χ0n) is 19.0. The number of benzene rings is 2. The number of fused-ring (bicyclic) bond motifs is 1. The maximum absolute atomic E-state index is 11.7. The number of nitriles is 1. The highest BCUT2D eigenvalue weighted by Crippen LogP contribution is 2.42. The molecular weight excluding hydrogens is 433 g/mol. The van der Waals surface area contributed by atoms with Gasteiger partial charge in [-0.2, -0.15) is 5.26 Å². The highest BCUT2D eigenvalue weighted by Gasteiger charge is 2.28. The van der Waals surface area contributed by atoms with Gasteiger partial charge < -0.3 is 14.7 Å². The zero-order chi connectivity index (χ0) is 23.5. The van der Waals surface area contributed by atoms with Crippen LogP contribution >= 0.6 is 11.3 Å². The summed E-state index contributed by atoms with van der Waals surface area (Å²) in [5, 5.41) is 19.5. The van der Waals surface area contributed by atoms with E-state index in [9.17, 15) is 10.1 Å². The molecule has 6 nitrogen and oxygen atoms in total. The van der Waals surface area contributed by atoms with Crippen LogP contribution in [0, 0.1) is 11.3 Å².